The van der Waals surface area contributed by atoms with Crippen molar-refractivity contribution in [1.29, 1.82) is 0 Å². The molecule has 0 atom stereocenters. The number of pyridine rings is 1. The Kier molecular flexibility index (Phi) is 7.32. The van der Waals surface area contributed by atoms with Crippen molar-refractivity contribution >= 4 is 28.3 Å². The first-order valence-electron chi connectivity index (χ1n) is 13.1. The van der Waals surface area contributed by atoms with E-state index in [9.17, 15) is 4.79 Å². The number of fused-ring (bicyclic) bond motifs is 1. The van der Waals surface area contributed by atoms with E-state index in [0.29, 0.717) is 18.1 Å². The third-order valence-electron chi connectivity index (χ3n) is 6.72. The van der Waals surface area contributed by atoms with Gasteiger partial charge in [0.2, 0.25) is 0 Å². The zero-order valence-corrected chi connectivity index (χ0v) is 22.7. The number of aromatic nitrogens is 3. The first-order valence-corrected chi connectivity index (χ1v) is 13.1. The highest BCUT2D eigenvalue weighted by atomic mass is 16.5. The van der Waals surface area contributed by atoms with E-state index in [-0.39, 0.29) is 11.4 Å². The molecule has 0 saturated carbocycles. The summed E-state index contributed by atoms with van der Waals surface area (Å²) in [7, 11) is 0. The van der Waals surface area contributed by atoms with Gasteiger partial charge in [-0.25, -0.2) is 9.48 Å². The van der Waals surface area contributed by atoms with Gasteiger partial charge in [-0.05, 0) is 59.4 Å². The number of ether oxygens (including phenoxy) is 1. The summed E-state index contributed by atoms with van der Waals surface area (Å²) >= 11 is 0. The molecule has 39 heavy (non-hydrogen) atoms. The molecule has 0 aliphatic carbocycles. The first kappa shape index (κ1) is 26.0. The predicted molar refractivity (Wildman–Crippen MR) is 157 cm³/mol. The van der Waals surface area contributed by atoms with Crippen LogP contribution in [0, 0.1) is 6.92 Å². The van der Waals surface area contributed by atoms with Crippen molar-refractivity contribution in [3.05, 3.63) is 108 Å². The molecule has 2 N–H and O–H groups in total. The SMILES string of the molecule is Cc1ccc(C(C)(C)C)cc1-n1nccc1NC(=O)Nc1ccc(OCCc2ccncc2)c2ccccc12. The number of hydrogen-bond acceptors (Lipinski definition) is 4. The number of rotatable bonds is 7. The number of urea groups is 1. The molecule has 5 aromatic rings. The Labute approximate surface area is 228 Å². The van der Waals surface area contributed by atoms with Crippen molar-refractivity contribution in [2.45, 2.75) is 39.5 Å². The van der Waals surface area contributed by atoms with Crippen molar-refractivity contribution in [2.24, 2.45) is 0 Å². The van der Waals surface area contributed by atoms with Crippen LogP contribution in [0.1, 0.15) is 37.5 Å². The van der Waals surface area contributed by atoms with Crippen LogP contribution >= 0.6 is 0 Å². The molecular formula is C32H33N5O2. The molecule has 0 aliphatic rings. The van der Waals surface area contributed by atoms with Gasteiger partial charge in [-0.3, -0.25) is 10.3 Å². The van der Waals surface area contributed by atoms with Crippen LogP contribution in [-0.4, -0.2) is 27.4 Å². The molecule has 0 saturated heterocycles. The third kappa shape index (κ3) is 5.93. The summed E-state index contributed by atoms with van der Waals surface area (Å²) in [5.74, 6) is 1.36. The molecule has 0 radical (unpaired) electrons. The van der Waals surface area contributed by atoms with Crippen LogP contribution in [0.3, 0.4) is 0 Å². The summed E-state index contributed by atoms with van der Waals surface area (Å²) in [6, 6.07) is 23.4. The zero-order valence-electron chi connectivity index (χ0n) is 22.7. The summed E-state index contributed by atoms with van der Waals surface area (Å²) in [5.41, 5.74) is 5.06. The number of carbonyl (C=O) groups is 1. The maximum absolute atomic E-state index is 13.1. The van der Waals surface area contributed by atoms with E-state index in [2.05, 4.69) is 59.7 Å². The molecule has 198 valence electrons. The number of carbonyl (C=O) groups excluding carboxylic acids is 1. The van der Waals surface area contributed by atoms with Gasteiger partial charge >= 0.3 is 6.03 Å². The van der Waals surface area contributed by atoms with Crippen LogP contribution in [0.15, 0.2) is 91.4 Å². The van der Waals surface area contributed by atoms with E-state index in [1.807, 2.05) is 55.5 Å². The molecule has 0 fully saturated rings. The quantitative estimate of drug-likeness (QED) is 0.237. The highest BCUT2D eigenvalue weighted by Crippen LogP contribution is 2.32. The highest BCUT2D eigenvalue weighted by Gasteiger charge is 2.18. The second-order valence-corrected chi connectivity index (χ2v) is 10.6. The fraction of sp³-hybridized carbons (Fsp3) is 0.219. The molecule has 2 heterocycles. The topological polar surface area (TPSA) is 81.1 Å². The molecule has 7 nitrogen and oxygen atoms in total. The lowest BCUT2D eigenvalue weighted by atomic mass is 9.86. The molecule has 7 heteroatoms. The van der Waals surface area contributed by atoms with Crippen LogP contribution < -0.4 is 15.4 Å². The average Bonchev–Trinajstić information content (AvgIpc) is 3.37. The number of aryl methyl sites for hydroxylation is 1. The summed E-state index contributed by atoms with van der Waals surface area (Å²) in [6.07, 6.45) is 6.04. The second-order valence-electron chi connectivity index (χ2n) is 10.6. The Hall–Kier alpha value is -4.65. The monoisotopic (exact) mass is 519 g/mol. The Morgan fingerprint density at radius 2 is 1.67 bits per heavy atom. The molecule has 3 aromatic carbocycles. The van der Waals surface area contributed by atoms with Crippen LogP contribution in [0.4, 0.5) is 16.3 Å². The predicted octanol–water partition coefficient (Wildman–Crippen LogP) is 7.29. The summed E-state index contributed by atoms with van der Waals surface area (Å²) in [4.78, 5) is 17.2. The zero-order chi connectivity index (χ0) is 27.4. The Balaban J connectivity index is 1.33. The first-order chi connectivity index (χ1) is 18.8. The molecule has 0 spiro atoms. The van der Waals surface area contributed by atoms with Gasteiger partial charge < -0.3 is 10.1 Å². The van der Waals surface area contributed by atoms with Gasteiger partial charge in [-0.2, -0.15) is 5.10 Å². The van der Waals surface area contributed by atoms with Crippen LogP contribution in [-0.2, 0) is 11.8 Å². The van der Waals surface area contributed by atoms with Crippen molar-refractivity contribution in [3.63, 3.8) is 0 Å². The van der Waals surface area contributed by atoms with E-state index in [1.54, 1.807) is 29.3 Å². The Morgan fingerprint density at radius 3 is 2.44 bits per heavy atom. The largest absolute Gasteiger partial charge is 0.493 e. The molecule has 0 bridgehead atoms. The number of anilines is 2. The molecule has 0 unspecified atom stereocenters. The maximum Gasteiger partial charge on any atom is 0.324 e. The molecule has 2 aromatic heterocycles. The lowest BCUT2D eigenvalue weighted by Gasteiger charge is -2.21. The van der Waals surface area contributed by atoms with Gasteiger partial charge in [-0.1, -0.05) is 57.2 Å². The van der Waals surface area contributed by atoms with Gasteiger partial charge in [0.1, 0.15) is 11.6 Å². The van der Waals surface area contributed by atoms with Crippen molar-refractivity contribution in [3.8, 4) is 11.4 Å². The number of nitrogens with zero attached hydrogens (tertiary/aromatic N) is 3. The maximum atomic E-state index is 13.1. The van der Waals surface area contributed by atoms with Crippen molar-refractivity contribution in [1.82, 2.24) is 14.8 Å². The fourth-order valence-electron chi connectivity index (χ4n) is 4.50. The van der Waals surface area contributed by atoms with Gasteiger partial charge in [0.25, 0.3) is 0 Å². The fourth-order valence-corrected chi connectivity index (χ4v) is 4.50. The van der Waals surface area contributed by atoms with E-state index >= 15 is 0 Å². The van der Waals surface area contributed by atoms with Gasteiger partial charge in [0, 0.05) is 35.7 Å². The summed E-state index contributed by atoms with van der Waals surface area (Å²) < 4.78 is 7.88. The van der Waals surface area contributed by atoms with E-state index in [4.69, 9.17) is 4.74 Å². The van der Waals surface area contributed by atoms with Gasteiger partial charge in [-0.15, -0.1) is 0 Å². The smallest absolute Gasteiger partial charge is 0.324 e. The summed E-state index contributed by atoms with van der Waals surface area (Å²) in [5, 5.41) is 12.3. The minimum absolute atomic E-state index is 0.00344. The number of hydrogen-bond donors (Lipinski definition) is 2. The Bertz CT molecular complexity index is 1600. The van der Waals surface area contributed by atoms with E-state index in [0.717, 1.165) is 34.2 Å². The van der Waals surface area contributed by atoms with Crippen molar-refractivity contribution < 1.29 is 9.53 Å². The molecular weight excluding hydrogens is 486 g/mol. The number of benzene rings is 3. The molecule has 5 rings (SSSR count). The summed E-state index contributed by atoms with van der Waals surface area (Å²) in [6.45, 7) is 9.12. The lowest BCUT2D eigenvalue weighted by molar-refractivity contribution is 0.262. The van der Waals surface area contributed by atoms with E-state index in [1.165, 1.54) is 11.1 Å². The second kappa shape index (κ2) is 11.0. The molecule has 0 aliphatic heterocycles. The number of nitrogens with one attached hydrogen (secondary N) is 2. The number of amides is 2. The van der Waals surface area contributed by atoms with Crippen molar-refractivity contribution in [2.75, 3.05) is 17.2 Å². The lowest BCUT2D eigenvalue weighted by Crippen LogP contribution is -2.22. The minimum atomic E-state index is -0.349. The molecule has 2 amide bonds. The highest BCUT2D eigenvalue weighted by molar-refractivity contribution is 6.07. The van der Waals surface area contributed by atoms with Crippen LogP contribution in [0.2, 0.25) is 0 Å². The van der Waals surface area contributed by atoms with Gasteiger partial charge in [0.15, 0.2) is 0 Å². The standard InChI is InChI=1S/C32H33N5O2/c1-22-9-10-24(32(2,3)4)21-28(22)37-30(15-19-34-37)36-31(38)35-27-11-12-29(26-8-6-5-7-25(26)27)39-20-16-23-13-17-33-18-14-23/h5-15,17-19,21H,16,20H2,1-4H3,(H2,35,36,38). The van der Waals surface area contributed by atoms with Crippen LogP contribution in [0.25, 0.3) is 16.5 Å². The normalized spacial score (nSPS) is 11.4. The van der Waals surface area contributed by atoms with Crippen LogP contribution in [0.5, 0.6) is 5.75 Å². The average molecular weight is 520 g/mol. The van der Waals surface area contributed by atoms with Gasteiger partial charge in [0.05, 0.1) is 24.2 Å². The minimum Gasteiger partial charge on any atom is -0.493 e. The third-order valence-corrected chi connectivity index (χ3v) is 6.72. The van der Waals surface area contributed by atoms with E-state index < -0.39 is 0 Å². The Morgan fingerprint density at radius 1 is 0.897 bits per heavy atom.